The molecular formula is C35H56N6O7S2. The van der Waals surface area contributed by atoms with Gasteiger partial charge in [-0.3, -0.25) is 19.2 Å². The van der Waals surface area contributed by atoms with Crippen LogP contribution < -0.4 is 21.3 Å². The second kappa shape index (κ2) is 15.3. The zero-order valence-corrected chi connectivity index (χ0v) is 32.6. The van der Waals surface area contributed by atoms with E-state index in [2.05, 4.69) is 21.3 Å². The minimum absolute atomic E-state index is 0.000193. The largest absolute Gasteiger partial charge is 0.353 e. The van der Waals surface area contributed by atoms with Crippen LogP contribution >= 0.6 is 11.3 Å². The number of fused-ring (bicyclic) bond motifs is 1. The number of ketones is 1. The molecule has 1 aromatic heterocycles. The van der Waals surface area contributed by atoms with Gasteiger partial charge in [0.15, 0.2) is 0 Å². The number of sulfonamides is 1. The summed E-state index contributed by atoms with van der Waals surface area (Å²) in [5.41, 5.74) is -1.30. The lowest BCUT2D eigenvalue weighted by Gasteiger charge is -2.38. The van der Waals surface area contributed by atoms with E-state index < -0.39 is 74.6 Å². The first kappa shape index (κ1) is 39.7. The number of carbonyl (C=O) groups is 5. The van der Waals surface area contributed by atoms with Gasteiger partial charge in [0.1, 0.15) is 12.1 Å². The molecule has 0 radical (unpaired) electrons. The number of likely N-dealkylation sites (tertiary alicyclic amines) is 1. The van der Waals surface area contributed by atoms with E-state index in [0.717, 1.165) is 24.1 Å². The van der Waals surface area contributed by atoms with Crippen molar-refractivity contribution < 1.29 is 32.4 Å². The smallest absolute Gasteiger partial charge is 0.315 e. The van der Waals surface area contributed by atoms with Crippen LogP contribution in [0.4, 0.5) is 4.79 Å². The number of hydrogen-bond donors (Lipinski definition) is 4. The molecule has 2 fully saturated rings. The first-order valence-electron chi connectivity index (χ1n) is 17.6. The van der Waals surface area contributed by atoms with Crippen LogP contribution in [0.15, 0.2) is 16.3 Å². The van der Waals surface area contributed by atoms with E-state index in [0.29, 0.717) is 24.3 Å². The number of hydrogen-bond acceptors (Lipinski definition) is 8. The molecular weight excluding hydrogens is 681 g/mol. The van der Waals surface area contributed by atoms with Gasteiger partial charge in [-0.15, -0.1) is 11.3 Å². The highest BCUT2D eigenvalue weighted by molar-refractivity contribution is 7.89. The number of urea groups is 1. The van der Waals surface area contributed by atoms with E-state index in [1.165, 1.54) is 27.6 Å². The molecule has 0 aromatic carbocycles. The van der Waals surface area contributed by atoms with E-state index in [1.54, 1.807) is 11.4 Å². The van der Waals surface area contributed by atoms with Crippen LogP contribution in [0.5, 0.6) is 0 Å². The van der Waals surface area contributed by atoms with Crippen LogP contribution in [-0.4, -0.2) is 91.5 Å². The molecule has 1 saturated carbocycles. The maximum atomic E-state index is 14.4. The van der Waals surface area contributed by atoms with E-state index in [-0.39, 0.29) is 30.8 Å². The molecule has 4 rings (SSSR count). The molecule has 3 heterocycles. The van der Waals surface area contributed by atoms with E-state index in [4.69, 9.17) is 0 Å². The Morgan fingerprint density at radius 1 is 0.980 bits per heavy atom. The Labute approximate surface area is 301 Å². The number of nitrogens with zero attached hydrogens (tertiary/aromatic N) is 2. The summed E-state index contributed by atoms with van der Waals surface area (Å²) in [5, 5.41) is 12.8. The molecule has 15 heteroatoms. The van der Waals surface area contributed by atoms with Gasteiger partial charge in [-0.05, 0) is 52.9 Å². The highest BCUT2D eigenvalue weighted by atomic mass is 32.2. The molecule has 5 amide bonds. The van der Waals surface area contributed by atoms with Crippen molar-refractivity contribution in [3.8, 4) is 0 Å². The molecule has 50 heavy (non-hydrogen) atoms. The van der Waals surface area contributed by atoms with E-state index in [1.807, 2.05) is 55.4 Å². The third-order valence-electron chi connectivity index (χ3n) is 10.5. The summed E-state index contributed by atoms with van der Waals surface area (Å²) in [6.07, 6.45) is 3.64. The third kappa shape index (κ3) is 8.87. The van der Waals surface area contributed by atoms with Gasteiger partial charge in [-0.2, -0.15) is 4.31 Å². The summed E-state index contributed by atoms with van der Waals surface area (Å²) in [4.78, 5) is 70.0. The predicted octanol–water partition coefficient (Wildman–Crippen LogP) is 3.24. The highest BCUT2D eigenvalue weighted by Crippen LogP contribution is 2.36. The summed E-state index contributed by atoms with van der Waals surface area (Å²) in [5.74, 6) is -2.01. The molecule has 0 bridgehead atoms. The van der Waals surface area contributed by atoms with Crippen molar-refractivity contribution in [1.29, 1.82) is 0 Å². The maximum Gasteiger partial charge on any atom is 0.315 e. The highest BCUT2D eigenvalue weighted by Gasteiger charge is 2.47. The zero-order chi connectivity index (χ0) is 37.3. The van der Waals surface area contributed by atoms with Gasteiger partial charge in [0.2, 0.25) is 27.6 Å². The van der Waals surface area contributed by atoms with Gasteiger partial charge in [0, 0.05) is 37.6 Å². The van der Waals surface area contributed by atoms with Gasteiger partial charge < -0.3 is 26.2 Å². The quantitative estimate of drug-likeness (QED) is 0.239. The normalized spacial score (nSPS) is 22.6. The average molecular weight is 737 g/mol. The predicted molar refractivity (Wildman–Crippen MR) is 191 cm³/mol. The van der Waals surface area contributed by atoms with E-state index >= 15 is 0 Å². The lowest BCUT2D eigenvalue weighted by molar-refractivity contribution is -0.144. The molecule has 1 unspecified atom stereocenters. The number of rotatable bonds is 12. The first-order chi connectivity index (χ1) is 23.1. The standard InChI is InChI=1S/C35H56N6O7S2/c1-20(2)22-16-24(30(43)37-23(15-21-11-10-12-21)28(42)31(44)36-9)41(17-22)32(45)29(35(6,7)8)39-33(46)38-27(34(3,4)5)19-40-18-25-26(13-14-49-25)50(40,47)48/h13-14,20-24,27,29H,10-12,15-19H2,1-9H3,(H,36,44)(H,37,43)(H2,38,39,46)/t22-,23?,24+,27-,29-/m1/s1. The van der Waals surface area contributed by atoms with Crippen LogP contribution in [0.25, 0.3) is 0 Å². The summed E-state index contributed by atoms with van der Waals surface area (Å²) in [7, 11) is -2.31. The molecule has 13 nitrogen and oxygen atoms in total. The van der Waals surface area contributed by atoms with Gasteiger partial charge in [-0.1, -0.05) is 74.7 Å². The molecule has 1 saturated heterocycles. The van der Waals surface area contributed by atoms with Gasteiger partial charge in [-0.25, -0.2) is 13.2 Å². The molecule has 5 atom stereocenters. The van der Waals surface area contributed by atoms with E-state index in [9.17, 15) is 32.4 Å². The number of nitrogens with one attached hydrogen (secondary N) is 4. The lowest BCUT2D eigenvalue weighted by Crippen LogP contribution is -2.62. The van der Waals surface area contributed by atoms with Crippen LogP contribution in [0.3, 0.4) is 0 Å². The third-order valence-corrected chi connectivity index (χ3v) is 13.4. The maximum absolute atomic E-state index is 14.4. The van der Waals surface area contributed by atoms with Crippen molar-refractivity contribution in [2.75, 3.05) is 20.1 Å². The first-order valence-corrected chi connectivity index (χ1v) is 20.0. The Hall–Kier alpha value is -3.04. The second-order valence-corrected chi connectivity index (χ2v) is 19.5. The Kier molecular flexibility index (Phi) is 12.1. The SMILES string of the molecule is CNC(=O)C(=O)C(CC1CCC1)NC(=O)[C@@H]1C[C@@H](C(C)C)CN1C(=O)[C@@H](NC(=O)N[C@H](CN1Cc2sccc2S1(=O)=O)C(C)(C)C)C(C)(C)C. The Morgan fingerprint density at radius 3 is 2.16 bits per heavy atom. The van der Waals surface area contributed by atoms with Crippen molar-refractivity contribution in [2.45, 2.75) is 123 Å². The molecule has 3 aliphatic rings. The average Bonchev–Trinajstić information content (AvgIpc) is 3.71. The molecule has 2 aliphatic heterocycles. The number of carbonyl (C=O) groups excluding carboxylic acids is 5. The zero-order valence-electron chi connectivity index (χ0n) is 30.9. The van der Waals surface area contributed by atoms with Crippen LogP contribution in [0, 0.1) is 28.6 Å². The fraction of sp³-hybridized carbons (Fsp3) is 0.743. The molecule has 280 valence electrons. The fourth-order valence-corrected chi connectivity index (χ4v) is 9.72. The van der Waals surface area contributed by atoms with Gasteiger partial charge >= 0.3 is 6.03 Å². The Balaban J connectivity index is 1.52. The van der Waals surface area contributed by atoms with Crippen LogP contribution in [0.2, 0.25) is 0 Å². The minimum Gasteiger partial charge on any atom is -0.353 e. The van der Waals surface area contributed by atoms with Gasteiger partial charge in [0.05, 0.1) is 10.9 Å². The Morgan fingerprint density at radius 2 is 1.64 bits per heavy atom. The molecule has 0 spiro atoms. The fourth-order valence-electron chi connectivity index (χ4n) is 6.79. The van der Waals surface area contributed by atoms with Crippen molar-refractivity contribution in [1.82, 2.24) is 30.5 Å². The lowest BCUT2D eigenvalue weighted by atomic mass is 9.80. The minimum atomic E-state index is -3.69. The number of thiophene rings is 1. The van der Waals surface area contributed by atoms with Crippen molar-refractivity contribution in [2.24, 2.45) is 28.6 Å². The topological polar surface area (TPSA) is 174 Å². The molecule has 1 aromatic rings. The summed E-state index contributed by atoms with van der Waals surface area (Å²) < 4.78 is 27.8. The monoisotopic (exact) mass is 736 g/mol. The van der Waals surface area contributed by atoms with Crippen LogP contribution in [-0.2, 0) is 35.7 Å². The van der Waals surface area contributed by atoms with Gasteiger partial charge in [0.25, 0.3) is 5.91 Å². The molecule has 1 aliphatic carbocycles. The number of Topliss-reactive ketones (excluding diaryl/α,β-unsaturated/α-hetero) is 1. The van der Waals surface area contributed by atoms with Crippen molar-refractivity contribution in [3.05, 3.63) is 16.3 Å². The van der Waals surface area contributed by atoms with Crippen molar-refractivity contribution in [3.63, 3.8) is 0 Å². The van der Waals surface area contributed by atoms with Crippen molar-refractivity contribution >= 4 is 50.9 Å². The second-order valence-electron chi connectivity index (χ2n) is 16.6. The number of amides is 5. The Bertz CT molecular complexity index is 1560. The molecule has 4 N–H and O–H groups in total. The summed E-state index contributed by atoms with van der Waals surface area (Å²) in [6.45, 7) is 15.9. The summed E-state index contributed by atoms with van der Waals surface area (Å²) >= 11 is 1.38. The summed E-state index contributed by atoms with van der Waals surface area (Å²) in [6, 6.07) is -2.54. The number of likely N-dealkylation sites (N-methyl/N-ethyl adjacent to an activating group) is 1. The van der Waals surface area contributed by atoms with Crippen LogP contribution in [0.1, 0.15) is 92.4 Å².